The molecule has 0 fully saturated rings. The van der Waals surface area contributed by atoms with Gasteiger partial charge in [-0.3, -0.25) is 18.2 Å². The fourth-order valence-corrected chi connectivity index (χ4v) is 16.8. The Morgan fingerprint density at radius 3 is 1.01 bits per heavy atom. The highest BCUT2D eigenvalue weighted by atomic mass is 32.2. The van der Waals surface area contributed by atoms with E-state index in [2.05, 4.69) is 0 Å². The second-order valence-electron chi connectivity index (χ2n) is 25.2. The highest BCUT2D eigenvalue weighted by Gasteiger charge is 2.48. The Kier molecular flexibility index (Phi) is 19.9. The van der Waals surface area contributed by atoms with Gasteiger partial charge in [-0.2, -0.15) is 33.7 Å². The predicted octanol–water partition coefficient (Wildman–Crippen LogP) is 14.7. The summed E-state index contributed by atoms with van der Waals surface area (Å²) >= 11 is 0. The third-order valence-corrected chi connectivity index (χ3v) is 24.3. The van der Waals surface area contributed by atoms with Crippen molar-refractivity contribution in [3.63, 3.8) is 0 Å². The Hall–Kier alpha value is -7.50. The molecule has 20 nitrogen and oxygen atoms in total. The number of benzene rings is 8. The van der Waals surface area contributed by atoms with Gasteiger partial charge in [-0.05, 0) is 195 Å². The van der Waals surface area contributed by atoms with Gasteiger partial charge in [0.25, 0.3) is 40.5 Å². The second-order valence-corrected chi connectivity index (χ2v) is 34.6. The van der Waals surface area contributed by atoms with Gasteiger partial charge in [-0.1, -0.05) is 116 Å². The van der Waals surface area contributed by atoms with Crippen LogP contribution in [0.5, 0.6) is 34.5 Å². The smallest absolute Gasteiger partial charge is 0.298 e. The monoisotopic (exact) mass is 1400 g/mol. The summed E-state index contributed by atoms with van der Waals surface area (Å²) < 4.78 is 226. The standard InChI is InChI=1S/C68H74O20S6/c1-13-65(7,8)56-36-32-52(40-60(56)91(73,74)75)89(69,70)54-34-38-58(62(42-54)93(79,80)81)85-48-24-16-44(17-25-48)45-18-26-51(27-19-45)88-68(12,15-3)67(11,14-2)57-37-33-53(41-61(57)92(76,77)78)90(71,72)55-35-39-59(63(43-55)94(82,83)84)86-49-28-20-46(21-29-49)66(9,10)47-22-30-50(31-23-47)87-64(4,5)6/h16-43H,13-15H2,1-12H3,(H,73,74,75)(H,76,77,78)(H,79,80,81)(H,82,83,84). The van der Waals surface area contributed by atoms with E-state index in [1.165, 1.54) is 24.3 Å². The molecular formula is C68H74O20S6. The number of ether oxygens (including phenoxy) is 4. The number of rotatable bonds is 24. The summed E-state index contributed by atoms with van der Waals surface area (Å²) in [4.78, 5) is -5.72. The average Bonchev–Trinajstić information content (AvgIpc) is 0.746. The van der Waals surface area contributed by atoms with Crippen LogP contribution in [0.4, 0.5) is 0 Å². The van der Waals surface area contributed by atoms with Crippen LogP contribution in [0.3, 0.4) is 0 Å². The minimum absolute atomic E-state index is 0.000992. The van der Waals surface area contributed by atoms with Crippen LogP contribution in [0.25, 0.3) is 11.1 Å². The first-order valence-corrected chi connectivity index (χ1v) is 38.1. The molecule has 0 saturated heterocycles. The van der Waals surface area contributed by atoms with Crippen LogP contribution in [-0.2, 0) is 76.4 Å². The van der Waals surface area contributed by atoms with E-state index >= 15 is 0 Å². The lowest BCUT2D eigenvalue weighted by molar-refractivity contribution is 0.00171. The average molecular weight is 1400 g/mol. The molecule has 0 aliphatic heterocycles. The largest absolute Gasteiger partial charge is 0.488 e. The molecule has 0 aliphatic rings. The molecule has 0 bridgehead atoms. The molecule has 0 amide bonds. The van der Waals surface area contributed by atoms with Gasteiger partial charge < -0.3 is 18.9 Å². The first-order chi connectivity index (χ1) is 43.3. The lowest BCUT2D eigenvalue weighted by Gasteiger charge is -2.46. The lowest BCUT2D eigenvalue weighted by Crippen LogP contribution is -2.51. The Morgan fingerprint density at radius 1 is 0.340 bits per heavy atom. The number of hydrogen-bond donors (Lipinski definition) is 4. The van der Waals surface area contributed by atoms with Gasteiger partial charge in [0.1, 0.15) is 55.5 Å². The predicted molar refractivity (Wildman–Crippen MR) is 354 cm³/mol. The molecule has 0 heterocycles. The Balaban J connectivity index is 1.00. The van der Waals surface area contributed by atoms with E-state index < -0.39 is 133 Å². The summed E-state index contributed by atoms with van der Waals surface area (Å²) in [5, 5.41) is 0. The molecule has 502 valence electrons. The maximum atomic E-state index is 14.4. The highest BCUT2D eigenvalue weighted by molar-refractivity contribution is 7.92. The van der Waals surface area contributed by atoms with E-state index in [1.54, 1.807) is 109 Å². The molecule has 26 heteroatoms. The third-order valence-electron chi connectivity index (χ3n) is 17.3. The van der Waals surface area contributed by atoms with Crippen LogP contribution in [0.15, 0.2) is 209 Å². The molecule has 8 aromatic rings. The van der Waals surface area contributed by atoms with Crippen LogP contribution in [0, 0.1) is 0 Å². The lowest BCUT2D eigenvalue weighted by atomic mass is 9.66. The van der Waals surface area contributed by atoms with Gasteiger partial charge in [0.2, 0.25) is 19.7 Å². The molecule has 0 saturated carbocycles. The van der Waals surface area contributed by atoms with Crippen molar-refractivity contribution in [3.8, 4) is 45.6 Å². The van der Waals surface area contributed by atoms with Crippen LogP contribution >= 0.6 is 0 Å². The van der Waals surface area contributed by atoms with Crippen LogP contribution in [0.1, 0.15) is 125 Å². The second kappa shape index (κ2) is 25.9. The molecule has 0 aliphatic carbocycles. The van der Waals surface area contributed by atoms with Crippen molar-refractivity contribution in [3.05, 3.63) is 192 Å². The fraction of sp³-hybridized carbons (Fsp3) is 0.294. The van der Waals surface area contributed by atoms with Gasteiger partial charge in [0.15, 0.2) is 0 Å². The Labute approximate surface area is 550 Å². The molecule has 0 aromatic heterocycles. The van der Waals surface area contributed by atoms with E-state index in [0.717, 1.165) is 59.7 Å². The highest BCUT2D eigenvalue weighted by Crippen LogP contribution is 2.47. The zero-order valence-electron chi connectivity index (χ0n) is 53.6. The van der Waals surface area contributed by atoms with E-state index in [0.29, 0.717) is 41.2 Å². The van der Waals surface area contributed by atoms with Gasteiger partial charge in [-0.25, -0.2) is 16.8 Å². The molecule has 2 atom stereocenters. The SMILES string of the molecule is CCC(C)(C)c1ccc(S(=O)(=O)c2ccc(Oc3ccc(-c4ccc(OC(C)(CC)C(C)(CC)c5ccc(S(=O)(=O)c6ccc(Oc7ccc(C(C)(C)c8ccc(OC(C)(C)C)cc8)cc7)c(S(=O)(=O)O)c6)cc5S(=O)(=O)O)cc4)cc3)c(S(=O)(=O)O)c2)cc1S(=O)(=O)O. The van der Waals surface area contributed by atoms with E-state index in [9.17, 15) is 68.7 Å². The van der Waals surface area contributed by atoms with Gasteiger partial charge in [-0.15, -0.1) is 0 Å². The molecule has 2 unspecified atom stereocenters. The molecule has 94 heavy (non-hydrogen) atoms. The molecule has 4 N–H and O–H groups in total. The number of sulfone groups is 2. The maximum absolute atomic E-state index is 14.4. The van der Waals surface area contributed by atoms with Gasteiger partial charge in [0, 0.05) is 10.8 Å². The first-order valence-electron chi connectivity index (χ1n) is 29.4. The summed E-state index contributed by atoms with van der Waals surface area (Å²) in [7, 11) is -29.9. The summed E-state index contributed by atoms with van der Waals surface area (Å²) in [6.45, 7) is 22.1. The first kappa shape index (κ1) is 72.3. The van der Waals surface area contributed by atoms with Crippen LogP contribution in [-0.4, -0.2) is 79.9 Å². The molecule has 0 radical (unpaired) electrons. The van der Waals surface area contributed by atoms with E-state index in [-0.39, 0.29) is 41.1 Å². The molecule has 0 spiro atoms. The third kappa shape index (κ3) is 15.3. The summed E-state index contributed by atoms with van der Waals surface area (Å²) in [5.41, 5.74) is -0.940. The van der Waals surface area contributed by atoms with Crippen molar-refractivity contribution in [2.45, 2.75) is 169 Å². The van der Waals surface area contributed by atoms with Crippen molar-refractivity contribution >= 4 is 60.1 Å². The molecular weight excluding hydrogens is 1330 g/mol. The summed E-state index contributed by atoms with van der Waals surface area (Å²) in [5.74, 6) is 0.403. The Morgan fingerprint density at radius 2 is 0.660 bits per heavy atom. The van der Waals surface area contributed by atoms with Gasteiger partial charge in [0.05, 0.1) is 29.4 Å². The fourth-order valence-electron chi connectivity index (χ4n) is 10.9. The van der Waals surface area contributed by atoms with Crippen molar-refractivity contribution in [1.82, 2.24) is 0 Å². The summed E-state index contributed by atoms with van der Waals surface area (Å²) in [6, 6.07) is 39.2. The zero-order chi connectivity index (χ0) is 69.8. The minimum Gasteiger partial charge on any atom is -0.488 e. The molecule has 8 aromatic carbocycles. The minimum atomic E-state index is -5.21. The maximum Gasteiger partial charge on any atom is 0.298 e. The topological polar surface area (TPSA) is 323 Å². The van der Waals surface area contributed by atoms with Crippen molar-refractivity contribution in [1.29, 1.82) is 0 Å². The van der Waals surface area contributed by atoms with E-state index in [1.807, 2.05) is 58.9 Å². The Bertz CT molecular complexity index is 4910. The van der Waals surface area contributed by atoms with Crippen molar-refractivity contribution < 1.29 is 87.7 Å². The van der Waals surface area contributed by atoms with Crippen molar-refractivity contribution in [2.24, 2.45) is 0 Å². The van der Waals surface area contributed by atoms with Gasteiger partial charge >= 0.3 is 0 Å². The van der Waals surface area contributed by atoms with E-state index in [4.69, 9.17) is 18.9 Å². The number of hydrogen-bond acceptors (Lipinski definition) is 16. The quantitative estimate of drug-likeness (QED) is 0.0408. The normalized spacial score (nSPS) is 14.3. The van der Waals surface area contributed by atoms with Crippen LogP contribution in [0.2, 0.25) is 0 Å². The summed E-state index contributed by atoms with van der Waals surface area (Å²) in [6.07, 6.45) is 0.853. The molecule has 8 rings (SSSR count). The van der Waals surface area contributed by atoms with Crippen LogP contribution < -0.4 is 18.9 Å². The zero-order valence-corrected chi connectivity index (χ0v) is 58.5. The van der Waals surface area contributed by atoms with Crippen molar-refractivity contribution in [2.75, 3.05) is 0 Å².